The van der Waals surface area contributed by atoms with Crippen molar-refractivity contribution in [2.75, 3.05) is 32.8 Å². The molecule has 0 aliphatic carbocycles. The molecular formula is C44H91NO4. The zero-order valence-electron chi connectivity index (χ0n) is 33.7. The van der Waals surface area contributed by atoms with Gasteiger partial charge in [0.1, 0.15) is 0 Å². The van der Waals surface area contributed by atoms with E-state index in [1.807, 2.05) is 0 Å². The molecule has 0 aliphatic heterocycles. The summed E-state index contributed by atoms with van der Waals surface area (Å²) in [4.78, 5) is 12.6. The van der Waals surface area contributed by atoms with E-state index in [0.717, 1.165) is 19.4 Å². The van der Waals surface area contributed by atoms with Gasteiger partial charge < -0.3 is 15.3 Å². The summed E-state index contributed by atoms with van der Waals surface area (Å²) < 4.78 is 0. The predicted molar refractivity (Wildman–Crippen MR) is 216 cm³/mol. The highest BCUT2D eigenvalue weighted by atomic mass is 16.4. The van der Waals surface area contributed by atoms with Crippen LogP contribution in [0.15, 0.2) is 0 Å². The second-order valence-corrected chi connectivity index (χ2v) is 15.1. The van der Waals surface area contributed by atoms with Gasteiger partial charge in [-0.2, -0.15) is 0 Å². The molecule has 0 aromatic rings. The molecule has 0 fully saturated rings. The van der Waals surface area contributed by atoms with Crippen molar-refractivity contribution in [1.29, 1.82) is 0 Å². The second kappa shape index (κ2) is 47.4. The minimum Gasteiger partial charge on any atom is -0.481 e. The molecule has 0 heterocycles. The van der Waals surface area contributed by atoms with Crippen LogP contribution in [-0.2, 0) is 4.79 Å². The number of carbonyl (C=O) groups is 1. The van der Waals surface area contributed by atoms with Crippen molar-refractivity contribution < 1.29 is 20.1 Å². The van der Waals surface area contributed by atoms with E-state index in [0.29, 0.717) is 19.5 Å². The van der Waals surface area contributed by atoms with Gasteiger partial charge in [-0.1, -0.05) is 226 Å². The number of nitrogens with zero attached hydrogens (tertiary/aromatic N) is 1. The van der Waals surface area contributed by atoms with E-state index in [9.17, 15) is 4.79 Å². The first kappa shape index (κ1) is 50.5. The summed E-state index contributed by atoms with van der Waals surface area (Å²) >= 11 is 0. The van der Waals surface area contributed by atoms with Crippen molar-refractivity contribution in [1.82, 2.24) is 4.90 Å². The molecule has 49 heavy (non-hydrogen) atoms. The first-order valence-corrected chi connectivity index (χ1v) is 22.3. The fraction of sp³-hybridized carbons (Fsp3) is 0.977. The molecule has 0 unspecified atom stereocenters. The molecular weight excluding hydrogens is 606 g/mol. The molecule has 0 saturated heterocycles. The van der Waals surface area contributed by atoms with E-state index in [-0.39, 0.29) is 13.2 Å². The van der Waals surface area contributed by atoms with Gasteiger partial charge in [-0.25, -0.2) is 0 Å². The van der Waals surface area contributed by atoms with Crippen molar-refractivity contribution >= 4 is 5.97 Å². The Bertz CT molecular complexity index is 581. The van der Waals surface area contributed by atoms with Crippen LogP contribution >= 0.6 is 0 Å². The molecule has 5 heteroatoms. The topological polar surface area (TPSA) is 81.0 Å². The van der Waals surface area contributed by atoms with Gasteiger partial charge in [-0.05, 0) is 19.4 Å². The third-order valence-electron chi connectivity index (χ3n) is 10.2. The van der Waals surface area contributed by atoms with Crippen LogP contribution in [0.2, 0.25) is 0 Å². The maximum atomic E-state index is 10.4. The van der Waals surface area contributed by atoms with E-state index < -0.39 is 5.97 Å². The zero-order chi connectivity index (χ0) is 36.1. The van der Waals surface area contributed by atoms with Crippen LogP contribution in [0.25, 0.3) is 0 Å². The van der Waals surface area contributed by atoms with Gasteiger partial charge in [-0.15, -0.1) is 0 Å². The van der Waals surface area contributed by atoms with Gasteiger partial charge >= 0.3 is 5.97 Å². The van der Waals surface area contributed by atoms with Crippen molar-refractivity contribution in [3.05, 3.63) is 0 Å². The Balaban J connectivity index is 0. The summed E-state index contributed by atoms with van der Waals surface area (Å²) in [6.07, 6.45) is 48.4. The monoisotopic (exact) mass is 698 g/mol. The molecule has 0 aliphatic rings. The van der Waals surface area contributed by atoms with Gasteiger partial charge in [0, 0.05) is 19.5 Å². The quantitative estimate of drug-likeness (QED) is 0.0554. The molecule has 0 rings (SSSR count). The minimum absolute atomic E-state index is 0.193. The predicted octanol–water partition coefficient (Wildman–Crippen LogP) is 13.4. The number of hydrogen-bond acceptors (Lipinski definition) is 4. The number of carboxylic acids is 1. The number of rotatable bonds is 41. The highest BCUT2D eigenvalue weighted by molar-refractivity contribution is 5.66. The first-order valence-electron chi connectivity index (χ1n) is 22.3. The molecule has 0 amide bonds. The fourth-order valence-electron chi connectivity index (χ4n) is 6.86. The number of aliphatic hydroxyl groups is 2. The maximum Gasteiger partial charge on any atom is 0.303 e. The van der Waals surface area contributed by atoms with Crippen LogP contribution in [-0.4, -0.2) is 59.0 Å². The summed E-state index contributed by atoms with van der Waals surface area (Å²) in [5.41, 5.74) is 0. The average Bonchev–Trinajstić information content (AvgIpc) is 3.09. The number of unbranched alkanes of at least 4 members (excludes halogenated alkanes) is 33. The zero-order valence-corrected chi connectivity index (χ0v) is 33.7. The summed E-state index contributed by atoms with van der Waals surface area (Å²) in [6.45, 7) is 7.35. The lowest BCUT2D eigenvalue weighted by atomic mass is 10.0. The molecule has 0 aromatic heterocycles. The van der Waals surface area contributed by atoms with Crippen LogP contribution in [0.5, 0.6) is 0 Å². The SMILES string of the molecule is CCCCCCCCCCCCCCCCCCCCCCCC(=O)O.CCCCCCCCCCCCCCCCN(CCO)CCO. The largest absolute Gasteiger partial charge is 0.481 e. The minimum atomic E-state index is -0.650. The first-order chi connectivity index (χ1) is 24.1. The molecule has 5 nitrogen and oxygen atoms in total. The Morgan fingerprint density at radius 1 is 0.347 bits per heavy atom. The highest BCUT2D eigenvalue weighted by Gasteiger charge is 2.03. The van der Waals surface area contributed by atoms with Gasteiger partial charge in [0.15, 0.2) is 0 Å². The molecule has 296 valence electrons. The molecule has 0 saturated carbocycles. The summed E-state index contributed by atoms with van der Waals surface area (Å²) in [5.74, 6) is -0.650. The van der Waals surface area contributed by atoms with Gasteiger partial charge in [0.2, 0.25) is 0 Å². The average molecular weight is 698 g/mol. The Morgan fingerprint density at radius 2 is 0.571 bits per heavy atom. The maximum absolute atomic E-state index is 10.4. The number of carboxylic acid groups (broad SMARTS) is 1. The summed E-state index contributed by atoms with van der Waals surface area (Å²) in [5, 5.41) is 26.5. The van der Waals surface area contributed by atoms with E-state index in [4.69, 9.17) is 15.3 Å². The normalized spacial score (nSPS) is 11.3. The van der Waals surface area contributed by atoms with E-state index in [2.05, 4.69) is 18.7 Å². The van der Waals surface area contributed by atoms with Crippen LogP contribution in [0, 0.1) is 0 Å². The van der Waals surface area contributed by atoms with Crippen LogP contribution in [0.1, 0.15) is 245 Å². The molecule has 0 atom stereocenters. The number of hydrogen-bond donors (Lipinski definition) is 3. The lowest BCUT2D eigenvalue weighted by molar-refractivity contribution is -0.137. The lowest BCUT2D eigenvalue weighted by Crippen LogP contribution is -2.30. The van der Waals surface area contributed by atoms with Gasteiger partial charge in [0.05, 0.1) is 13.2 Å². The Morgan fingerprint density at radius 3 is 0.796 bits per heavy atom. The fourth-order valence-corrected chi connectivity index (χ4v) is 6.86. The Kier molecular flexibility index (Phi) is 48.8. The van der Waals surface area contributed by atoms with Crippen molar-refractivity contribution in [2.45, 2.75) is 245 Å². The molecule has 3 N–H and O–H groups in total. The van der Waals surface area contributed by atoms with E-state index >= 15 is 0 Å². The standard InChI is InChI=1S/C24H48O2.C20H43NO2/c1-2-3-4-5-6-7-8-9-10-11-12-13-14-15-16-17-18-19-20-21-22-23-24(25)26;1-2-3-4-5-6-7-8-9-10-11-12-13-14-15-16-21(17-19-22)18-20-23/h2-23H2,1H3,(H,25,26);22-23H,2-20H2,1H3. The second-order valence-electron chi connectivity index (χ2n) is 15.1. The molecule has 0 spiro atoms. The summed E-state index contributed by atoms with van der Waals surface area (Å²) in [7, 11) is 0. The summed E-state index contributed by atoms with van der Waals surface area (Å²) in [6, 6.07) is 0. The van der Waals surface area contributed by atoms with Crippen LogP contribution in [0.4, 0.5) is 0 Å². The number of aliphatic carboxylic acids is 1. The number of aliphatic hydroxyl groups excluding tert-OH is 2. The third kappa shape index (κ3) is 49.5. The van der Waals surface area contributed by atoms with Gasteiger partial charge in [-0.3, -0.25) is 9.69 Å². The Labute approximate surface area is 308 Å². The van der Waals surface area contributed by atoms with Crippen molar-refractivity contribution in [2.24, 2.45) is 0 Å². The molecule has 0 bridgehead atoms. The van der Waals surface area contributed by atoms with E-state index in [1.165, 1.54) is 212 Å². The smallest absolute Gasteiger partial charge is 0.303 e. The van der Waals surface area contributed by atoms with E-state index in [1.54, 1.807) is 0 Å². The highest BCUT2D eigenvalue weighted by Crippen LogP contribution is 2.16. The van der Waals surface area contributed by atoms with Crippen LogP contribution < -0.4 is 0 Å². The third-order valence-corrected chi connectivity index (χ3v) is 10.2. The molecule has 0 aromatic carbocycles. The van der Waals surface area contributed by atoms with Gasteiger partial charge in [0.25, 0.3) is 0 Å². The van der Waals surface area contributed by atoms with Crippen molar-refractivity contribution in [3.63, 3.8) is 0 Å². The lowest BCUT2D eigenvalue weighted by Gasteiger charge is -2.19. The Hall–Kier alpha value is -0.650. The van der Waals surface area contributed by atoms with Crippen LogP contribution in [0.3, 0.4) is 0 Å². The van der Waals surface area contributed by atoms with Crippen molar-refractivity contribution in [3.8, 4) is 0 Å². The molecule has 0 radical (unpaired) electrons.